The molecule has 0 saturated heterocycles. The molecule has 0 radical (unpaired) electrons. The molecule has 2 aromatic heterocycles. The van der Waals surface area contributed by atoms with Crippen LogP contribution in [0.15, 0.2) is 17.8 Å². The van der Waals surface area contributed by atoms with Gasteiger partial charge < -0.3 is 10.4 Å². The summed E-state index contributed by atoms with van der Waals surface area (Å²) in [6.45, 7) is 2.26. The third kappa shape index (κ3) is 2.97. The van der Waals surface area contributed by atoms with Crippen LogP contribution >= 0.6 is 11.3 Å². The van der Waals surface area contributed by atoms with Crippen molar-refractivity contribution in [3.63, 3.8) is 0 Å². The molecule has 0 aliphatic rings. The first-order valence-corrected chi connectivity index (χ1v) is 5.73. The molecule has 0 fully saturated rings. The fraction of sp³-hybridized carbons (Fsp3) is 0.200. The predicted molar refractivity (Wildman–Crippen MR) is 63.2 cm³/mol. The lowest BCUT2D eigenvalue weighted by Gasteiger charge is -2.04. The SMILES string of the molecule is Cc1cc(C(=O)O)nc(NCc2cncs2)n1. The first-order chi connectivity index (χ1) is 8.15. The highest BCUT2D eigenvalue weighted by molar-refractivity contribution is 7.09. The summed E-state index contributed by atoms with van der Waals surface area (Å²) in [5.41, 5.74) is 2.34. The van der Waals surface area contributed by atoms with E-state index in [1.807, 2.05) is 0 Å². The van der Waals surface area contributed by atoms with Gasteiger partial charge in [0, 0.05) is 16.8 Å². The number of nitrogens with one attached hydrogen (secondary N) is 1. The fourth-order valence-electron chi connectivity index (χ4n) is 1.25. The normalized spacial score (nSPS) is 10.2. The Bertz CT molecular complexity index is 527. The van der Waals surface area contributed by atoms with Gasteiger partial charge in [-0.1, -0.05) is 0 Å². The van der Waals surface area contributed by atoms with E-state index in [1.54, 1.807) is 18.6 Å². The van der Waals surface area contributed by atoms with Gasteiger partial charge in [-0.05, 0) is 13.0 Å². The Kier molecular flexibility index (Phi) is 3.29. The van der Waals surface area contributed by atoms with Crippen LogP contribution in [0.2, 0.25) is 0 Å². The molecular weight excluding hydrogens is 240 g/mol. The molecule has 0 saturated carbocycles. The summed E-state index contributed by atoms with van der Waals surface area (Å²) in [6, 6.07) is 1.43. The van der Waals surface area contributed by atoms with E-state index in [0.717, 1.165) is 4.88 Å². The summed E-state index contributed by atoms with van der Waals surface area (Å²) in [4.78, 5) is 23.8. The first-order valence-electron chi connectivity index (χ1n) is 4.85. The molecule has 0 atom stereocenters. The summed E-state index contributed by atoms with van der Waals surface area (Å²) >= 11 is 1.51. The van der Waals surface area contributed by atoms with Gasteiger partial charge in [0.1, 0.15) is 0 Å². The molecule has 17 heavy (non-hydrogen) atoms. The molecule has 0 unspecified atom stereocenters. The molecule has 7 heteroatoms. The van der Waals surface area contributed by atoms with Gasteiger partial charge in [-0.3, -0.25) is 4.98 Å². The zero-order valence-electron chi connectivity index (χ0n) is 9.04. The van der Waals surface area contributed by atoms with Crippen molar-refractivity contribution in [3.8, 4) is 0 Å². The van der Waals surface area contributed by atoms with E-state index in [-0.39, 0.29) is 5.69 Å². The van der Waals surface area contributed by atoms with Gasteiger partial charge in [0.05, 0.1) is 12.1 Å². The van der Waals surface area contributed by atoms with Gasteiger partial charge in [0.25, 0.3) is 0 Å². The van der Waals surface area contributed by atoms with E-state index < -0.39 is 5.97 Å². The number of rotatable bonds is 4. The number of hydrogen-bond acceptors (Lipinski definition) is 6. The Morgan fingerprint density at radius 2 is 2.35 bits per heavy atom. The second kappa shape index (κ2) is 4.88. The number of carboxylic acid groups (broad SMARTS) is 1. The third-order valence-corrected chi connectivity index (χ3v) is 2.76. The molecular formula is C10H10N4O2S. The molecule has 2 heterocycles. The molecule has 0 aliphatic carbocycles. The summed E-state index contributed by atoms with van der Waals surface area (Å²) < 4.78 is 0. The van der Waals surface area contributed by atoms with Crippen LogP contribution in [0.3, 0.4) is 0 Å². The molecule has 0 spiro atoms. The molecule has 6 nitrogen and oxygen atoms in total. The Labute approximate surface area is 101 Å². The Morgan fingerprint density at radius 3 is 3.00 bits per heavy atom. The Balaban J connectivity index is 2.13. The van der Waals surface area contributed by atoms with Gasteiger partial charge in [-0.15, -0.1) is 11.3 Å². The zero-order chi connectivity index (χ0) is 12.3. The molecule has 2 aromatic rings. The zero-order valence-corrected chi connectivity index (χ0v) is 9.86. The van der Waals surface area contributed by atoms with Crippen molar-refractivity contribution in [2.24, 2.45) is 0 Å². The predicted octanol–water partition coefficient (Wildman–Crippen LogP) is 1.55. The summed E-state index contributed by atoms with van der Waals surface area (Å²) in [7, 11) is 0. The molecule has 0 aromatic carbocycles. The van der Waals surface area contributed by atoms with Gasteiger partial charge in [-0.25, -0.2) is 14.8 Å². The lowest BCUT2D eigenvalue weighted by Crippen LogP contribution is -2.08. The van der Waals surface area contributed by atoms with Crippen LogP contribution in [0.5, 0.6) is 0 Å². The number of carboxylic acids is 1. The number of carbonyl (C=O) groups is 1. The van der Waals surface area contributed by atoms with Crippen molar-refractivity contribution >= 4 is 23.3 Å². The molecule has 2 rings (SSSR count). The maximum absolute atomic E-state index is 10.8. The molecule has 2 N–H and O–H groups in total. The Hall–Kier alpha value is -2.02. The quantitative estimate of drug-likeness (QED) is 0.856. The van der Waals surface area contributed by atoms with Crippen LogP contribution in [-0.4, -0.2) is 26.0 Å². The molecule has 88 valence electrons. The second-order valence-electron chi connectivity index (χ2n) is 3.34. The van der Waals surface area contributed by atoms with Crippen LogP contribution in [0.4, 0.5) is 5.95 Å². The van der Waals surface area contributed by atoms with Crippen molar-refractivity contribution in [1.82, 2.24) is 15.0 Å². The van der Waals surface area contributed by atoms with E-state index in [1.165, 1.54) is 17.4 Å². The maximum Gasteiger partial charge on any atom is 0.354 e. The van der Waals surface area contributed by atoms with E-state index in [4.69, 9.17) is 5.11 Å². The first kappa shape index (κ1) is 11.5. The van der Waals surface area contributed by atoms with Gasteiger partial charge >= 0.3 is 5.97 Å². The van der Waals surface area contributed by atoms with Crippen LogP contribution in [0.25, 0.3) is 0 Å². The van der Waals surface area contributed by atoms with Crippen molar-refractivity contribution in [3.05, 3.63) is 34.0 Å². The summed E-state index contributed by atoms with van der Waals surface area (Å²) in [6.07, 6.45) is 1.74. The molecule has 0 aliphatic heterocycles. The van der Waals surface area contributed by atoms with Gasteiger partial charge in [-0.2, -0.15) is 0 Å². The third-order valence-electron chi connectivity index (χ3n) is 1.98. The van der Waals surface area contributed by atoms with Crippen LogP contribution in [0, 0.1) is 6.92 Å². The van der Waals surface area contributed by atoms with Crippen molar-refractivity contribution in [1.29, 1.82) is 0 Å². The van der Waals surface area contributed by atoms with Crippen LogP contribution in [-0.2, 0) is 6.54 Å². The second-order valence-corrected chi connectivity index (χ2v) is 4.32. The summed E-state index contributed by atoms with van der Waals surface area (Å²) in [5.74, 6) is -0.743. The number of aryl methyl sites for hydroxylation is 1. The van der Waals surface area contributed by atoms with Crippen molar-refractivity contribution < 1.29 is 9.90 Å². The lowest BCUT2D eigenvalue weighted by molar-refractivity contribution is 0.0690. The average Bonchev–Trinajstić information content (AvgIpc) is 2.78. The molecule has 0 amide bonds. The minimum atomic E-state index is -1.06. The van der Waals surface area contributed by atoms with Crippen molar-refractivity contribution in [2.45, 2.75) is 13.5 Å². The number of hydrogen-bond donors (Lipinski definition) is 2. The van der Waals surface area contributed by atoms with Crippen LogP contribution < -0.4 is 5.32 Å². The lowest BCUT2D eigenvalue weighted by atomic mass is 10.3. The number of thiazole rings is 1. The largest absolute Gasteiger partial charge is 0.477 e. The van der Waals surface area contributed by atoms with E-state index >= 15 is 0 Å². The smallest absolute Gasteiger partial charge is 0.354 e. The number of aromatic nitrogens is 3. The van der Waals surface area contributed by atoms with Gasteiger partial charge in [0.15, 0.2) is 5.69 Å². The highest BCUT2D eigenvalue weighted by atomic mass is 32.1. The van der Waals surface area contributed by atoms with E-state index in [2.05, 4.69) is 20.3 Å². The van der Waals surface area contributed by atoms with Gasteiger partial charge in [0.2, 0.25) is 5.95 Å². The summed E-state index contributed by atoms with van der Waals surface area (Å²) in [5, 5.41) is 11.8. The fourth-order valence-corrected chi connectivity index (χ4v) is 1.79. The molecule has 0 bridgehead atoms. The minimum absolute atomic E-state index is 0.00990. The van der Waals surface area contributed by atoms with Crippen LogP contribution in [0.1, 0.15) is 21.1 Å². The van der Waals surface area contributed by atoms with E-state index in [0.29, 0.717) is 18.2 Å². The minimum Gasteiger partial charge on any atom is -0.477 e. The topological polar surface area (TPSA) is 88.0 Å². The standard InChI is InChI=1S/C10H10N4O2S/c1-6-2-8(9(15)16)14-10(13-6)12-4-7-3-11-5-17-7/h2-3,5H,4H2,1H3,(H,15,16)(H,12,13,14). The van der Waals surface area contributed by atoms with Crippen molar-refractivity contribution in [2.75, 3.05) is 5.32 Å². The average molecular weight is 250 g/mol. The monoisotopic (exact) mass is 250 g/mol. The number of aromatic carboxylic acids is 1. The highest BCUT2D eigenvalue weighted by Crippen LogP contribution is 2.09. The van der Waals surface area contributed by atoms with E-state index in [9.17, 15) is 4.79 Å². The number of nitrogens with zero attached hydrogens (tertiary/aromatic N) is 3. The highest BCUT2D eigenvalue weighted by Gasteiger charge is 2.08. The Morgan fingerprint density at radius 1 is 1.53 bits per heavy atom. The maximum atomic E-state index is 10.8. The number of anilines is 1.